The van der Waals surface area contributed by atoms with Crippen molar-refractivity contribution in [1.29, 1.82) is 0 Å². The lowest BCUT2D eigenvalue weighted by atomic mass is 9.95. The summed E-state index contributed by atoms with van der Waals surface area (Å²) in [5.74, 6) is 1.78. The van der Waals surface area contributed by atoms with Crippen molar-refractivity contribution in [1.82, 2.24) is 24.8 Å². The minimum Gasteiger partial charge on any atom is -0.297 e. The molecule has 2 aromatic heterocycles. The van der Waals surface area contributed by atoms with Crippen LogP contribution >= 0.6 is 11.8 Å². The molecule has 5 nitrogen and oxygen atoms in total. The molecule has 0 radical (unpaired) electrons. The van der Waals surface area contributed by atoms with Gasteiger partial charge in [-0.3, -0.25) is 14.8 Å². The first-order valence-corrected chi connectivity index (χ1v) is 10.6. The molecule has 0 aliphatic carbocycles. The topological polar surface area (TPSA) is 45.2 Å². The van der Waals surface area contributed by atoms with Gasteiger partial charge in [-0.1, -0.05) is 24.8 Å². The van der Waals surface area contributed by atoms with Crippen LogP contribution < -0.4 is 0 Å². The highest BCUT2D eigenvalue weighted by Crippen LogP contribution is 2.29. The lowest BCUT2D eigenvalue weighted by molar-refractivity contribution is 0.123. The van der Waals surface area contributed by atoms with Gasteiger partial charge in [-0.25, -0.2) is 9.97 Å². The SMILES string of the molecule is CCSc1ncc(CN2C[C@H]3CC[C@@H]2CN(Cc2cccnc2)C3)cn1. The van der Waals surface area contributed by atoms with E-state index in [9.17, 15) is 0 Å². The van der Waals surface area contributed by atoms with Crippen LogP contribution in [-0.4, -0.2) is 56.2 Å². The first-order chi connectivity index (χ1) is 12.8. The Morgan fingerprint density at radius 2 is 1.92 bits per heavy atom. The minimum absolute atomic E-state index is 0.634. The Morgan fingerprint density at radius 3 is 2.69 bits per heavy atom. The van der Waals surface area contributed by atoms with Gasteiger partial charge in [0.2, 0.25) is 0 Å². The maximum Gasteiger partial charge on any atom is 0.187 e. The first kappa shape index (κ1) is 17.9. The molecule has 26 heavy (non-hydrogen) atoms. The number of pyridine rings is 1. The molecule has 6 heteroatoms. The quantitative estimate of drug-likeness (QED) is 0.576. The summed E-state index contributed by atoms with van der Waals surface area (Å²) in [5.41, 5.74) is 2.55. The lowest BCUT2D eigenvalue weighted by Crippen LogP contribution is -2.43. The molecule has 2 bridgehead atoms. The second-order valence-electron chi connectivity index (χ2n) is 7.39. The van der Waals surface area contributed by atoms with Crippen LogP contribution in [0.1, 0.15) is 30.9 Å². The van der Waals surface area contributed by atoms with Gasteiger partial charge in [0.25, 0.3) is 0 Å². The van der Waals surface area contributed by atoms with Crippen molar-refractivity contribution >= 4 is 11.8 Å². The fraction of sp³-hybridized carbons (Fsp3) is 0.550. The van der Waals surface area contributed by atoms with Gasteiger partial charge in [0, 0.05) is 69.1 Å². The molecule has 3 saturated heterocycles. The van der Waals surface area contributed by atoms with E-state index in [-0.39, 0.29) is 0 Å². The molecule has 3 aliphatic heterocycles. The monoisotopic (exact) mass is 369 g/mol. The number of piperidine rings is 1. The van der Waals surface area contributed by atoms with Gasteiger partial charge in [0.15, 0.2) is 5.16 Å². The highest BCUT2D eigenvalue weighted by Gasteiger charge is 2.34. The van der Waals surface area contributed by atoms with E-state index < -0.39 is 0 Å². The van der Waals surface area contributed by atoms with Crippen LogP contribution in [0.15, 0.2) is 42.1 Å². The normalized spacial score (nSPS) is 23.9. The molecule has 5 rings (SSSR count). The molecule has 3 fully saturated rings. The van der Waals surface area contributed by atoms with Gasteiger partial charge in [-0.05, 0) is 36.1 Å². The number of thioether (sulfide) groups is 1. The Balaban J connectivity index is 1.40. The molecular weight excluding hydrogens is 342 g/mol. The second kappa shape index (κ2) is 8.46. The molecule has 2 aromatic rings. The molecule has 0 aromatic carbocycles. The Hall–Kier alpha value is -1.50. The van der Waals surface area contributed by atoms with Crippen LogP contribution in [0.25, 0.3) is 0 Å². The van der Waals surface area contributed by atoms with E-state index in [0.29, 0.717) is 6.04 Å². The summed E-state index contributed by atoms with van der Waals surface area (Å²) < 4.78 is 0. The van der Waals surface area contributed by atoms with Crippen LogP contribution in [0, 0.1) is 5.92 Å². The van der Waals surface area contributed by atoms with Crippen LogP contribution in [0.3, 0.4) is 0 Å². The number of hydrogen-bond donors (Lipinski definition) is 0. The summed E-state index contributed by atoms with van der Waals surface area (Å²) >= 11 is 1.70. The van der Waals surface area contributed by atoms with Gasteiger partial charge in [-0.2, -0.15) is 0 Å². The summed E-state index contributed by atoms with van der Waals surface area (Å²) in [5, 5.41) is 0.885. The molecular formula is C20H27N5S. The first-order valence-electron chi connectivity index (χ1n) is 9.59. The zero-order chi connectivity index (χ0) is 17.8. The van der Waals surface area contributed by atoms with Crippen molar-refractivity contribution in [2.24, 2.45) is 5.92 Å². The highest BCUT2D eigenvalue weighted by atomic mass is 32.2. The largest absolute Gasteiger partial charge is 0.297 e. The predicted octanol–water partition coefficient (Wildman–Crippen LogP) is 3.08. The van der Waals surface area contributed by atoms with Gasteiger partial charge in [-0.15, -0.1) is 0 Å². The number of hydrogen-bond acceptors (Lipinski definition) is 6. The molecule has 5 heterocycles. The van der Waals surface area contributed by atoms with E-state index in [4.69, 9.17) is 0 Å². The van der Waals surface area contributed by atoms with Crippen molar-refractivity contribution in [2.45, 2.75) is 44.1 Å². The lowest BCUT2D eigenvalue weighted by Gasteiger charge is -2.36. The Labute approximate surface area is 160 Å². The smallest absolute Gasteiger partial charge is 0.187 e. The predicted molar refractivity (Wildman–Crippen MR) is 105 cm³/mol. The van der Waals surface area contributed by atoms with Crippen LogP contribution in [0.2, 0.25) is 0 Å². The third kappa shape index (κ3) is 4.42. The zero-order valence-electron chi connectivity index (χ0n) is 15.4. The highest BCUT2D eigenvalue weighted by molar-refractivity contribution is 7.99. The van der Waals surface area contributed by atoms with Crippen molar-refractivity contribution in [2.75, 3.05) is 25.4 Å². The zero-order valence-corrected chi connectivity index (χ0v) is 16.2. The van der Waals surface area contributed by atoms with E-state index in [1.807, 2.05) is 30.9 Å². The Morgan fingerprint density at radius 1 is 1.04 bits per heavy atom. The number of nitrogens with zero attached hydrogens (tertiary/aromatic N) is 5. The standard InChI is InChI=1S/C20H27N5S/c1-2-26-20-22-9-18(10-23-20)14-25-13-17-5-6-19(25)15-24(12-17)11-16-4-3-7-21-8-16/h3-4,7-10,17,19H,2,5-6,11-15H2,1H3/t17-,19+/m0/s1. The summed E-state index contributed by atoms with van der Waals surface area (Å²) in [7, 11) is 0. The fourth-order valence-corrected chi connectivity index (χ4v) is 4.72. The van der Waals surface area contributed by atoms with Gasteiger partial charge in [0.05, 0.1) is 0 Å². The third-order valence-corrected chi connectivity index (χ3v) is 6.13. The average Bonchev–Trinajstić information content (AvgIpc) is 2.95. The third-order valence-electron chi connectivity index (χ3n) is 5.37. The van der Waals surface area contributed by atoms with E-state index in [2.05, 4.69) is 37.7 Å². The van der Waals surface area contributed by atoms with Crippen molar-refractivity contribution in [3.63, 3.8) is 0 Å². The van der Waals surface area contributed by atoms with Crippen LogP contribution in [-0.2, 0) is 13.1 Å². The maximum absolute atomic E-state index is 4.50. The average molecular weight is 370 g/mol. The van der Waals surface area contributed by atoms with E-state index in [1.165, 1.54) is 37.1 Å². The number of rotatable bonds is 6. The second-order valence-corrected chi connectivity index (χ2v) is 8.62. The molecule has 0 N–H and O–H groups in total. The van der Waals surface area contributed by atoms with Crippen LogP contribution in [0.4, 0.5) is 0 Å². The number of fused-ring (bicyclic) bond motifs is 4. The van der Waals surface area contributed by atoms with Gasteiger partial charge in [0.1, 0.15) is 0 Å². The summed E-state index contributed by atoms with van der Waals surface area (Å²) in [6.45, 7) is 7.66. The summed E-state index contributed by atoms with van der Waals surface area (Å²) in [6.07, 6.45) is 10.5. The van der Waals surface area contributed by atoms with E-state index >= 15 is 0 Å². The fourth-order valence-electron chi connectivity index (χ4n) is 4.21. The maximum atomic E-state index is 4.50. The summed E-state index contributed by atoms with van der Waals surface area (Å²) in [4.78, 5) is 18.5. The molecule has 0 saturated carbocycles. The van der Waals surface area contributed by atoms with Crippen molar-refractivity contribution in [3.05, 3.63) is 48.0 Å². The molecule has 138 valence electrons. The van der Waals surface area contributed by atoms with Gasteiger partial charge >= 0.3 is 0 Å². The summed E-state index contributed by atoms with van der Waals surface area (Å²) in [6, 6.07) is 4.86. The van der Waals surface area contributed by atoms with E-state index in [1.54, 1.807) is 11.8 Å². The number of aromatic nitrogens is 3. The molecule has 2 atom stereocenters. The van der Waals surface area contributed by atoms with E-state index in [0.717, 1.165) is 36.5 Å². The molecule has 3 aliphatic rings. The molecule has 0 amide bonds. The molecule has 0 spiro atoms. The van der Waals surface area contributed by atoms with Crippen LogP contribution in [0.5, 0.6) is 0 Å². The van der Waals surface area contributed by atoms with Gasteiger partial charge < -0.3 is 0 Å². The minimum atomic E-state index is 0.634. The van der Waals surface area contributed by atoms with Crippen molar-refractivity contribution < 1.29 is 0 Å². The van der Waals surface area contributed by atoms with Crippen molar-refractivity contribution in [3.8, 4) is 0 Å². The Bertz CT molecular complexity index is 693. The Kier molecular flexibility index (Phi) is 5.82. The molecule has 0 unspecified atom stereocenters.